The minimum atomic E-state index is 0.511. The van der Waals surface area contributed by atoms with Crippen LogP contribution in [0.1, 0.15) is 36.9 Å². The maximum Gasteiger partial charge on any atom is 0.316 e. The topological polar surface area (TPSA) is 50.3 Å². The molecule has 0 aromatic carbocycles. The zero-order chi connectivity index (χ0) is 13.8. The summed E-state index contributed by atoms with van der Waals surface area (Å²) in [6.07, 6.45) is 7.13. The van der Waals surface area contributed by atoms with Gasteiger partial charge in [0, 0.05) is 36.6 Å². The number of nitrogens with zero attached hydrogens (tertiary/aromatic N) is 3. The number of ether oxygens (including phenoxy) is 1. The van der Waals surface area contributed by atoms with Crippen molar-refractivity contribution in [3.63, 3.8) is 0 Å². The van der Waals surface area contributed by atoms with E-state index < -0.39 is 0 Å². The molecule has 5 heteroatoms. The van der Waals surface area contributed by atoms with Gasteiger partial charge in [-0.2, -0.15) is 0 Å². The maximum absolute atomic E-state index is 5.66. The van der Waals surface area contributed by atoms with E-state index in [1.165, 1.54) is 44.3 Å². The molecule has 1 aromatic heterocycles. The molecule has 1 saturated heterocycles. The number of aryl methyl sites for hydroxylation is 1. The zero-order valence-corrected chi connectivity index (χ0v) is 12.3. The molecule has 0 radical (unpaired) electrons. The minimum absolute atomic E-state index is 0.511. The van der Waals surface area contributed by atoms with Crippen molar-refractivity contribution in [2.45, 2.75) is 45.2 Å². The van der Waals surface area contributed by atoms with Crippen molar-refractivity contribution in [3.05, 3.63) is 17.5 Å². The van der Waals surface area contributed by atoms with E-state index in [1.54, 1.807) is 0 Å². The van der Waals surface area contributed by atoms with Crippen LogP contribution >= 0.6 is 0 Å². The first kappa shape index (κ1) is 13.8. The third kappa shape index (κ3) is 3.90. The van der Waals surface area contributed by atoms with Gasteiger partial charge in [0.15, 0.2) is 0 Å². The molecule has 1 N–H and O–H groups in total. The second kappa shape index (κ2) is 6.50. The third-order valence-corrected chi connectivity index (χ3v) is 4.05. The van der Waals surface area contributed by atoms with E-state index in [0.29, 0.717) is 18.7 Å². The van der Waals surface area contributed by atoms with Crippen LogP contribution in [0.2, 0.25) is 0 Å². The summed E-state index contributed by atoms with van der Waals surface area (Å²) in [6, 6.07) is 1.22. The highest BCUT2D eigenvalue weighted by Gasteiger charge is 2.20. The number of nitrogens with one attached hydrogen (secondary N) is 1. The Hall–Kier alpha value is -1.20. The van der Waals surface area contributed by atoms with Crippen molar-refractivity contribution in [1.82, 2.24) is 20.2 Å². The van der Waals surface area contributed by atoms with Crippen LogP contribution in [0.15, 0.2) is 6.20 Å². The molecule has 0 atom stereocenters. The lowest BCUT2D eigenvalue weighted by molar-refractivity contribution is 0.225. The third-order valence-electron chi connectivity index (χ3n) is 4.05. The van der Waals surface area contributed by atoms with Gasteiger partial charge in [-0.1, -0.05) is 0 Å². The number of likely N-dealkylation sites (tertiary alicyclic amines) is 1. The molecule has 2 heterocycles. The zero-order valence-electron chi connectivity index (χ0n) is 12.3. The summed E-state index contributed by atoms with van der Waals surface area (Å²) >= 11 is 0. The fourth-order valence-electron chi connectivity index (χ4n) is 2.53. The molecule has 0 unspecified atom stereocenters. The Morgan fingerprint density at radius 1 is 1.35 bits per heavy atom. The van der Waals surface area contributed by atoms with Gasteiger partial charge in [0.1, 0.15) is 6.61 Å². The van der Waals surface area contributed by atoms with Gasteiger partial charge in [0.25, 0.3) is 0 Å². The van der Waals surface area contributed by atoms with Crippen LogP contribution < -0.4 is 10.1 Å². The molecular weight excluding hydrogens is 252 g/mol. The molecule has 3 rings (SSSR count). The second-order valence-electron chi connectivity index (χ2n) is 5.82. The smallest absolute Gasteiger partial charge is 0.316 e. The average molecular weight is 276 g/mol. The van der Waals surface area contributed by atoms with E-state index in [0.717, 1.165) is 18.8 Å². The molecule has 1 saturated carbocycles. The Morgan fingerprint density at radius 3 is 2.85 bits per heavy atom. The van der Waals surface area contributed by atoms with E-state index >= 15 is 0 Å². The Bertz CT molecular complexity index is 441. The molecule has 1 aliphatic carbocycles. The fourth-order valence-corrected chi connectivity index (χ4v) is 2.53. The van der Waals surface area contributed by atoms with Gasteiger partial charge < -0.3 is 10.1 Å². The summed E-state index contributed by atoms with van der Waals surface area (Å²) in [5.74, 6) is 0. The monoisotopic (exact) mass is 276 g/mol. The quantitative estimate of drug-likeness (QED) is 0.818. The summed E-state index contributed by atoms with van der Waals surface area (Å²) in [7, 11) is 0. The number of hydrogen-bond acceptors (Lipinski definition) is 5. The van der Waals surface area contributed by atoms with Crippen LogP contribution in [0.3, 0.4) is 0 Å². The lowest BCUT2D eigenvalue weighted by atomic mass is 10.2. The summed E-state index contributed by atoms with van der Waals surface area (Å²) < 4.78 is 5.66. The van der Waals surface area contributed by atoms with E-state index in [1.807, 2.05) is 13.1 Å². The van der Waals surface area contributed by atoms with Gasteiger partial charge in [-0.3, -0.25) is 4.90 Å². The molecule has 2 aliphatic rings. The molecular formula is C15H24N4O. The molecule has 110 valence electrons. The van der Waals surface area contributed by atoms with Gasteiger partial charge >= 0.3 is 6.01 Å². The summed E-state index contributed by atoms with van der Waals surface area (Å²) in [6.45, 7) is 6.96. The van der Waals surface area contributed by atoms with Crippen molar-refractivity contribution < 1.29 is 4.74 Å². The van der Waals surface area contributed by atoms with Crippen molar-refractivity contribution >= 4 is 0 Å². The lowest BCUT2D eigenvalue weighted by Crippen LogP contribution is -2.25. The van der Waals surface area contributed by atoms with Crippen LogP contribution in [-0.4, -0.2) is 47.2 Å². The van der Waals surface area contributed by atoms with Crippen LogP contribution in [0.4, 0.5) is 0 Å². The van der Waals surface area contributed by atoms with Crippen LogP contribution in [0.25, 0.3) is 0 Å². The van der Waals surface area contributed by atoms with E-state index in [2.05, 4.69) is 20.2 Å². The molecule has 20 heavy (non-hydrogen) atoms. The normalized spacial score (nSPS) is 19.4. The molecule has 0 spiro atoms. The predicted octanol–water partition coefficient (Wildman–Crippen LogP) is 1.51. The minimum Gasteiger partial charge on any atom is -0.462 e. The van der Waals surface area contributed by atoms with Gasteiger partial charge in [-0.15, -0.1) is 0 Å². The van der Waals surface area contributed by atoms with Crippen molar-refractivity contribution in [1.29, 1.82) is 0 Å². The first-order valence-electron chi connectivity index (χ1n) is 7.72. The largest absolute Gasteiger partial charge is 0.462 e. The van der Waals surface area contributed by atoms with Crippen LogP contribution in [0.5, 0.6) is 6.01 Å². The Balaban J connectivity index is 1.45. The first-order valence-corrected chi connectivity index (χ1v) is 7.72. The standard InChI is InChI=1S/C15H24N4O/c1-12-13(10-16-14-4-5-14)11-17-15(18-12)20-9-8-19-6-2-3-7-19/h11,14,16H,2-10H2,1H3. The Morgan fingerprint density at radius 2 is 2.15 bits per heavy atom. The molecule has 1 aromatic rings. The highest BCUT2D eigenvalue weighted by Crippen LogP contribution is 2.19. The van der Waals surface area contributed by atoms with Crippen molar-refractivity contribution in [3.8, 4) is 6.01 Å². The second-order valence-corrected chi connectivity index (χ2v) is 5.82. The number of aromatic nitrogens is 2. The fraction of sp³-hybridized carbons (Fsp3) is 0.733. The van der Waals surface area contributed by atoms with Crippen molar-refractivity contribution in [2.75, 3.05) is 26.2 Å². The predicted molar refractivity (Wildman–Crippen MR) is 77.8 cm³/mol. The molecule has 1 aliphatic heterocycles. The highest BCUT2D eigenvalue weighted by atomic mass is 16.5. The molecule has 0 bridgehead atoms. The lowest BCUT2D eigenvalue weighted by Gasteiger charge is -2.14. The molecule has 5 nitrogen and oxygen atoms in total. The highest BCUT2D eigenvalue weighted by molar-refractivity contribution is 5.18. The molecule has 2 fully saturated rings. The average Bonchev–Trinajstić information content (AvgIpc) is 3.13. The number of hydrogen-bond donors (Lipinski definition) is 1. The van der Waals surface area contributed by atoms with Crippen molar-refractivity contribution in [2.24, 2.45) is 0 Å². The Labute approximate surface area is 120 Å². The van der Waals surface area contributed by atoms with E-state index in [4.69, 9.17) is 4.74 Å². The van der Waals surface area contributed by atoms with Crippen LogP contribution in [-0.2, 0) is 6.54 Å². The summed E-state index contributed by atoms with van der Waals surface area (Å²) in [4.78, 5) is 11.2. The van der Waals surface area contributed by atoms with Gasteiger partial charge in [0.05, 0.1) is 0 Å². The summed E-state index contributed by atoms with van der Waals surface area (Å²) in [5.41, 5.74) is 2.19. The van der Waals surface area contributed by atoms with Crippen LogP contribution in [0, 0.1) is 6.92 Å². The van der Waals surface area contributed by atoms with Gasteiger partial charge in [-0.25, -0.2) is 9.97 Å². The van der Waals surface area contributed by atoms with Gasteiger partial charge in [0.2, 0.25) is 0 Å². The molecule has 0 amide bonds. The van der Waals surface area contributed by atoms with E-state index in [-0.39, 0.29) is 0 Å². The Kier molecular flexibility index (Phi) is 4.47. The first-order chi connectivity index (χ1) is 9.81. The summed E-state index contributed by atoms with van der Waals surface area (Å²) in [5, 5.41) is 3.49. The van der Waals surface area contributed by atoms with Gasteiger partial charge in [-0.05, 0) is 45.7 Å². The SMILES string of the molecule is Cc1nc(OCCN2CCCC2)ncc1CNC1CC1. The van der Waals surface area contributed by atoms with E-state index in [9.17, 15) is 0 Å². The maximum atomic E-state index is 5.66. The number of rotatable bonds is 7.